The van der Waals surface area contributed by atoms with Crippen molar-refractivity contribution in [2.24, 2.45) is 0 Å². The third kappa shape index (κ3) is 4.91. The van der Waals surface area contributed by atoms with Gasteiger partial charge in [0.05, 0.1) is 29.2 Å². The topological polar surface area (TPSA) is 69.6 Å². The van der Waals surface area contributed by atoms with Crippen molar-refractivity contribution in [2.45, 2.75) is 12.5 Å². The monoisotopic (exact) mass is 277 g/mol. The maximum Gasteiger partial charge on any atom is 0.224 e. The van der Waals surface area contributed by atoms with Crippen molar-refractivity contribution >= 4 is 29.1 Å². The Balaban J connectivity index is 2.48. The number of hydrogen-bond acceptors (Lipinski definition) is 3. The smallest absolute Gasteiger partial charge is 0.224 e. The van der Waals surface area contributed by atoms with Gasteiger partial charge in [0.2, 0.25) is 5.91 Å². The predicted molar refractivity (Wildman–Crippen MR) is 66.3 cm³/mol. The Bertz CT molecular complexity index is 398. The van der Waals surface area contributed by atoms with Gasteiger partial charge >= 0.3 is 0 Å². The molecular formula is C11H13Cl2NO3. The zero-order valence-electron chi connectivity index (χ0n) is 8.99. The lowest BCUT2D eigenvalue weighted by Gasteiger charge is -2.09. The summed E-state index contributed by atoms with van der Waals surface area (Å²) in [6.45, 7) is -0.357. The van der Waals surface area contributed by atoms with E-state index in [1.54, 1.807) is 18.2 Å². The van der Waals surface area contributed by atoms with Crippen LogP contribution in [0.3, 0.4) is 0 Å². The number of carbonyl (C=O) groups excluding carboxylic acids is 1. The molecule has 0 heterocycles. The molecule has 6 heteroatoms. The first-order valence-corrected chi connectivity index (χ1v) is 5.78. The van der Waals surface area contributed by atoms with E-state index in [0.29, 0.717) is 10.0 Å². The van der Waals surface area contributed by atoms with E-state index >= 15 is 0 Å². The minimum atomic E-state index is -0.937. The van der Waals surface area contributed by atoms with Gasteiger partial charge in [0.25, 0.3) is 0 Å². The first-order chi connectivity index (χ1) is 8.02. The SMILES string of the molecule is O=C(Cc1ccc(Cl)c(Cl)c1)NCC(O)CO. The van der Waals surface area contributed by atoms with Crippen molar-refractivity contribution in [3.63, 3.8) is 0 Å². The second kappa shape index (κ2) is 6.81. The van der Waals surface area contributed by atoms with E-state index in [9.17, 15) is 4.79 Å². The summed E-state index contributed by atoms with van der Waals surface area (Å²) in [5, 5.41) is 20.9. The van der Waals surface area contributed by atoms with Gasteiger partial charge in [0, 0.05) is 6.54 Å². The van der Waals surface area contributed by atoms with E-state index in [2.05, 4.69) is 5.32 Å². The predicted octanol–water partition coefficient (Wildman–Crippen LogP) is 1.01. The summed E-state index contributed by atoms with van der Waals surface area (Å²) in [5.41, 5.74) is 0.732. The number of aliphatic hydroxyl groups excluding tert-OH is 2. The standard InChI is InChI=1S/C11H13Cl2NO3/c12-9-2-1-7(3-10(9)13)4-11(17)14-5-8(16)6-15/h1-3,8,15-16H,4-6H2,(H,14,17). The van der Waals surface area contributed by atoms with Gasteiger partial charge in [-0.2, -0.15) is 0 Å². The van der Waals surface area contributed by atoms with Crippen LogP contribution in [-0.2, 0) is 11.2 Å². The van der Waals surface area contributed by atoms with Crippen LogP contribution in [0.2, 0.25) is 10.0 Å². The molecule has 0 radical (unpaired) electrons. The normalized spacial score (nSPS) is 12.2. The van der Waals surface area contributed by atoms with Gasteiger partial charge < -0.3 is 15.5 Å². The molecule has 1 atom stereocenters. The highest BCUT2D eigenvalue weighted by molar-refractivity contribution is 6.42. The molecule has 0 saturated carbocycles. The first-order valence-electron chi connectivity index (χ1n) is 5.02. The highest BCUT2D eigenvalue weighted by atomic mass is 35.5. The van der Waals surface area contributed by atoms with Crippen molar-refractivity contribution in [3.8, 4) is 0 Å². The summed E-state index contributed by atoms with van der Waals surface area (Å²) in [4.78, 5) is 11.4. The highest BCUT2D eigenvalue weighted by Crippen LogP contribution is 2.22. The quantitative estimate of drug-likeness (QED) is 0.752. The molecule has 1 aromatic rings. The lowest BCUT2D eigenvalue weighted by molar-refractivity contribution is -0.121. The summed E-state index contributed by atoms with van der Waals surface area (Å²) >= 11 is 11.6. The average molecular weight is 278 g/mol. The number of carbonyl (C=O) groups is 1. The van der Waals surface area contributed by atoms with Gasteiger partial charge in [-0.3, -0.25) is 4.79 Å². The molecule has 94 valence electrons. The third-order valence-corrected chi connectivity index (χ3v) is 2.83. The molecule has 0 spiro atoms. The molecule has 0 aliphatic rings. The number of hydrogen-bond donors (Lipinski definition) is 3. The molecule has 0 aliphatic carbocycles. The number of rotatable bonds is 5. The molecule has 1 aromatic carbocycles. The molecule has 17 heavy (non-hydrogen) atoms. The van der Waals surface area contributed by atoms with Crippen molar-refractivity contribution in [1.29, 1.82) is 0 Å². The Morgan fingerprint density at radius 2 is 2.06 bits per heavy atom. The minimum Gasteiger partial charge on any atom is -0.394 e. The summed E-state index contributed by atoms with van der Waals surface area (Å²) < 4.78 is 0. The van der Waals surface area contributed by atoms with Crippen molar-refractivity contribution < 1.29 is 15.0 Å². The lowest BCUT2D eigenvalue weighted by atomic mass is 10.1. The zero-order chi connectivity index (χ0) is 12.8. The Labute approximate surface area is 109 Å². The van der Waals surface area contributed by atoms with Crippen LogP contribution in [0, 0.1) is 0 Å². The molecule has 1 rings (SSSR count). The molecule has 0 aromatic heterocycles. The van der Waals surface area contributed by atoms with Crippen LogP contribution in [0.1, 0.15) is 5.56 Å². The van der Waals surface area contributed by atoms with Gasteiger partial charge in [-0.1, -0.05) is 29.3 Å². The van der Waals surface area contributed by atoms with Crippen LogP contribution in [0.5, 0.6) is 0 Å². The highest BCUT2D eigenvalue weighted by Gasteiger charge is 2.07. The van der Waals surface area contributed by atoms with Gasteiger partial charge in [-0.05, 0) is 17.7 Å². The second-order valence-corrected chi connectivity index (χ2v) is 4.38. The minimum absolute atomic E-state index is 0.0245. The largest absolute Gasteiger partial charge is 0.394 e. The third-order valence-electron chi connectivity index (χ3n) is 2.09. The Morgan fingerprint density at radius 1 is 1.35 bits per heavy atom. The molecule has 3 N–H and O–H groups in total. The van der Waals surface area contributed by atoms with Gasteiger partial charge in [-0.25, -0.2) is 0 Å². The maximum absolute atomic E-state index is 11.4. The zero-order valence-corrected chi connectivity index (χ0v) is 10.5. The van der Waals surface area contributed by atoms with E-state index in [0.717, 1.165) is 5.56 Å². The average Bonchev–Trinajstić information content (AvgIpc) is 2.31. The number of aliphatic hydroxyl groups is 2. The van der Waals surface area contributed by atoms with Crippen molar-refractivity contribution in [2.75, 3.05) is 13.2 Å². The number of amides is 1. The fourth-order valence-corrected chi connectivity index (χ4v) is 1.51. The molecule has 1 amide bonds. The van der Waals surface area contributed by atoms with E-state index < -0.39 is 6.10 Å². The number of benzene rings is 1. The Kier molecular flexibility index (Phi) is 5.71. The number of halogens is 2. The van der Waals surface area contributed by atoms with E-state index in [1.165, 1.54) is 0 Å². The van der Waals surface area contributed by atoms with Crippen molar-refractivity contribution in [3.05, 3.63) is 33.8 Å². The second-order valence-electron chi connectivity index (χ2n) is 3.57. The van der Waals surface area contributed by atoms with Crippen LogP contribution in [-0.4, -0.2) is 35.4 Å². The molecule has 1 unspecified atom stereocenters. The Hall–Kier alpha value is -0.810. The fourth-order valence-electron chi connectivity index (χ4n) is 1.19. The maximum atomic E-state index is 11.4. The van der Waals surface area contributed by atoms with E-state index in [-0.39, 0.29) is 25.5 Å². The summed E-state index contributed by atoms with van der Waals surface area (Å²) in [6.07, 6.45) is -0.789. The number of nitrogens with one attached hydrogen (secondary N) is 1. The van der Waals surface area contributed by atoms with Gasteiger partial charge in [-0.15, -0.1) is 0 Å². The molecule has 0 aliphatic heterocycles. The van der Waals surface area contributed by atoms with E-state index in [1.807, 2.05) is 0 Å². The molecular weight excluding hydrogens is 265 g/mol. The molecule has 0 saturated heterocycles. The molecule has 4 nitrogen and oxygen atoms in total. The first kappa shape index (κ1) is 14.3. The summed E-state index contributed by atoms with van der Waals surface area (Å²) in [5.74, 6) is -0.254. The van der Waals surface area contributed by atoms with Crippen LogP contribution < -0.4 is 5.32 Å². The molecule has 0 fully saturated rings. The van der Waals surface area contributed by atoms with Crippen LogP contribution in [0.15, 0.2) is 18.2 Å². The summed E-state index contributed by atoms with van der Waals surface area (Å²) in [6, 6.07) is 4.94. The Morgan fingerprint density at radius 3 is 2.65 bits per heavy atom. The lowest BCUT2D eigenvalue weighted by Crippen LogP contribution is -2.34. The fraction of sp³-hybridized carbons (Fsp3) is 0.364. The van der Waals surface area contributed by atoms with Gasteiger partial charge in [0.1, 0.15) is 0 Å². The van der Waals surface area contributed by atoms with Crippen molar-refractivity contribution in [1.82, 2.24) is 5.32 Å². The van der Waals surface area contributed by atoms with Crippen LogP contribution >= 0.6 is 23.2 Å². The van der Waals surface area contributed by atoms with Crippen LogP contribution in [0.25, 0.3) is 0 Å². The molecule has 0 bridgehead atoms. The summed E-state index contributed by atoms with van der Waals surface area (Å²) in [7, 11) is 0. The van der Waals surface area contributed by atoms with Crippen LogP contribution in [0.4, 0.5) is 0 Å². The van der Waals surface area contributed by atoms with E-state index in [4.69, 9.17) is 33.4 Å². The van der Waals surface area contributed by atoms with Gasteiger partial charge in [0.15, 0.2) is 0 Å².